The monoisotopic (exact) mass is 201 g/mol. The quantitative estimate of drug-likeness (QED) is 0.759. The molecule has 0 atom stereocenters. The predicted octanol–water partition coefficient (Wildman–Crippen LogP) is 2.36. The molecule has 0 saturated carbocycles. The van der Waals surface area contributed by atoms with Crippen molar-refractivity contribution in [2.75, 3.05) is 0 Å². The second-order valence-electron chi connectivity index (χ2n) is 2.17. The summed E-state index contributed by atoms with van der Waals surface area (Å²) in [5, 5.41) is 17.8. The first-order valence-corrected chi connectivity index (χ1v) is 3.94. The summed E-state index contributed by atoms with van der Waals surface area (Å²) in [6.07, 6.45) is 0. The van der Waals surface area contributed by atoms with Gasteiger partial charge in [-0.25, -0.2) is 0 Å². The van der Waals surface area contributed by atoms with Crippen molar-refractivity contribution in [2.45, 2.75) is 6.61 Å². The summed E-state index contributed by atoms with van der Waals surface area (Å²) in [6, 6.07) is 4.99. The van der Waals surface area contributed by atoms with Crippen molar-refractivity contribution in [3.05, 3.63) is 33.3 Å². The van der Waals surface area contributed by atoms with Crippen LogP contribution in [0.15, 0.2) is 12.1 Å². The highest BCUT2D eigenvalue weighted by Gasteiger charge is 2.08. The molecule has 1 aromatic carbocycles. The minimum absolute atomic E-state index is 0.176. The number of aliphatic hydroxyl groups is 1. The molecule has 1 aromatic rings. The molecular formula is C8H5Cl2NO. The van der Waals surface area contributed by atoms with Gasteiger partial charge in [0.15, 0.2) is 0 Å². The summed E-state index contributed by atoms with van der Waals surface area (Å²) in [5.41, 5.74) is 0.847. The molecule has 0 bridgehead atoms. The van der Waals surface area contributed by atoms with Gasteiger partial charge in [-0.1, -0.05) is 29.3 Å². The molecule has 0 aliphatic rings. The number of nitriles is 1. The Hall–Kier alpha value is -0.750. The van der Waals surface area contributed by atoms with Crippen LogP contribution in [0.3, 0.4) is 0 Å². The molecule has 0 unspecified atom stereocenters. The average molecular weight is 202 g/mol. The largest absolute Gasteiger partial charge is 0.392 e. The number of hydrogen-bond donors (Lipinski definition) is 1. The molecule has 4 heteroatoms. The van der Waals surface area contributed by atoms with E-state index in [1.807, 2.05) is 6.07 Å². The van der Waals surface area contributed by atoms with Crippen molar-refractivity contribution in [3.8, 4) is 6.07 Å². The highest BCUT2D eigenvalue weighted by Crippen LogP contribution is 2.28. The van der Waals surface area contributed by atoms with Crippen molar-refractivity contribution in [1.82, 2.24) is 0 Å². The van der Waals surface area contributed by atoms with Crippen molar-refractivity contribution in [1.29, 1.82) is 5.26 Å². The van der Waals surface area contributed by atoms with Gasteiger partial charge in [0.1, 0.15) is 6.07 Å². The van der Waals surface area contributed by atoms with Crippen LogP contribution in [0.2, 0.25) is 10.0 Å². The maximum atomic E-state index is 8.78. The van der Waals surface area contributed by atoms with E-state index in [9.17, 15) is 0 Å². The molecule has 0 amide bonds. The van der Waals surface area contributed by atoms with Gasteiger partial charge in [0.25, 0.3) is 0 Å². The summed E-state index contributed by atoms with van der Waals surface area (Å²) in [5.74, 6) is 0. The summed E-state index contributed by atoms with van der Waals surface area (Å²) < 4.78 is 0. The first kappa shape index (κ1) is 9.34. The van der Waals surface area contributed by atoms with Crippen molar-refractivity contribution < 1.29 is 5.11 Å². The minimum atomic E-state index is -0.176. The number of nitrogens with zero attached hydrogens (tertiary/aromatic N) is 1. The fourth-order valence-corrected chi connectivity index (χ4v) is 1.25. The number of hydrogen-bond acceptors (Lipinski definition) is 2. The molecule has 0 spiro atoms. The summed E-state index contributed by atoms with van der Waals surface area (Å²) >= 11 is 11.4. The van der Waals surface area contributed by atoms with Gasteiger partial charge in [0, 0.05) is 0 Å². The van der Waals surface area contributed by atoms with Crippen molar-refractivity contribution in [3.63, 3.8) is 0 Å². The second kappa shape index (κ2) is 3.77. The third-order valence-corrected chi connectivity index (χ3v) is 2.37. The van der Waals surface area contributed by atoms with Gasteiger partial charge >= 0.3 is 0 Å². The topological polar surface area (TPSA) is 44.0 Å². The Bertz CT molecular complexity index is 344. The smallest absolute Gasteiger partial charge is 0.101 e. The Kier molecular flexibility index (Phi) is 2.93. The van der Waals surface area contributed by atoms with E-state index in [0.29, 0.717) is 11.1 Å². The van der Waals surface area contributed by atoms with E-state index >= 15 is 0 Å². The fraction of sp³-hybridized carbons (Fsp3) is 0.125. The normalized spacial score (nSPS) is 9.50. The Balaban J connectivity index is 3.32. The Morgan fingerprint density at radius 1 is 1.33 bits per heavy atom. The molecule has 0 radical (unpaired) electrons. The minimum Gasteiger partial charge on any atom is -0.392 e. The highest BCUT2D eigenvalue weighted by atomic mass is 35.5. The van der Waals surface area contributed by atoms with Gasteiger partial charge in [0.05, 0.1) is 22.2 Å². The second-order valence-corrected chi connectivity index (χ2v) is 2.93. The van der Waals surface area contributed by atoms with Crippen LogP contribution in [0.25, 0.3) is 0 Å². The van der Waals surface area contributed by atoms with E-state index in [0.717, 1.165) is 0 Å². The van der Waals surface area contributed by atoms with E-state index in [1.165, 1.54) is 6.07 Å². The van der Waals surface area contributed by atoms with Crippen LogP contribution in [-0.2, 0) is 6.61 Å². The summed E-state index contributed by atoms with van der Waals surface area (Å²) in [6.45, 7) is -0.176. The van der Waals surface area contributed by atoms with E-state index in [-0.39, 0.29) is 16.7 Å². The molecule has 0 heterocycles. The van der Waals surface area contributed by atoms with Crippen LogP contribution < -0.4 is 0 Å². The van der Waals surface area contributed by atoms with E-state index < -0.39 is 0 Å². The van der Waals surface area contributed by atoms with E-state index in [2.05, 4.69) is 0 Å². The maximum absolute atomic E-state index is 8.78. The average Bonchev–Trinajstić information content (AvgIpc) is 2.10. The van der Waals surface area contributed by atoms with Gasteiger partial charge in [0.2, 0.25) is 0 Å². The van der Waals surface area contributed by atoms with Gasteiger partial charge in [-0.2, -0.15) is 5.26 Å². The molecule has 62 valence electrons. The molecule has 1 rings (SSSR count). The fourth-order valence-electron chi connectivity index (χ4n) is 0.798. The third kappa shape index (κ3) is 1.54. The first-order chi connectivity index (χ1) is 5.70. The Morgan fingerprint density at radius 2 is 2.00 bits per heavy atom. The zero-order chi connectivity index (χ0) is 9.14. The molecule has 0 saturated heterocycles. The SMILES string of the molecule is N#Cc1ccc(CO)c(Cl)c1Cl. The predicted molar refractivity (Wildman–Crippen MR) is 47.1 cm³/mol. The van der Waals surface area contributed by atoms with Crippen LogP contribution in [0.5, 0.6) is 0 Å². The number of rotatable bonds is 1. The Labute approximate surface area is 80.0 Å². The van der Waals surface area contributed by atoms with Gasteiger partial charge < -0.3 is 5.11 Å². The standard InChI is InChI=1S/C8H5Cl2NO/c9-7-5(3-11)1-2-6(4-12)8(7)10/h1-2,12H,4H2. The Morgan fingerprint density at radius 3 is 2.50 bits per heavy atom. The van der Waals surface area contributed by atoms with Crippen molar-refractivity contribution in [2.24, 2.45) is 0 Å². The van der Waals surface area contributed by atoms with Crippen LogP contribution in [0.1, 0.15) is 11.1 Å². The number of halogens is 2. The number of benzene rings is 1. The van der Waals surface area contributed by atoms with Gasteiger partial charge in [-0.05, 0) is 11.6 Å². The zero-order valence-electron chi connectivity index (χ0n) is 6.01. The lowest BCUT2D eigenvalue weighted by atomic mass is 10.1. The lowest BCUT2D eigenvalue weighted by molar-refractivity contribution is 0.282. The highest BCUT2D eigenvalue weighted by molar-refractivity contribution is 6.43. The molecule has 0 aliphatic carbocycles. The molecular weight excluding hydrogens is 197 g/mol. The summed E-state index contributed by atoms with van der Waals surface area (Å²) in [4.78, 5) is 0. The molecule has 0 aliphatic heterocycles. The summed E-state index contributed by atoms with van der Waals surface area (Å²) in [7, 11) is 0. The van der Waals surface area contributed by atoms with Crippen molar-refractivity contribution >= 4 is 23.2 Å². The molecule has 0 aromatic heterocycles. The zero-order valence-corrected chi connectivity index (χ0v) is 7.52. The molecule has 0 fully saturated rings. The molecule has 12 heavy (non-hydrogen) atoms. The third-order valence-electron chi connectivity index (χ3n) is 1.45. The molecule has 1 N–H and O–H groups in total. The van der Waals surface area contributed by atoms with Crippen LogP contribution >= 0.6 is 23.2 Å². The molecule has 2 nitrogen and oxygen atoms in total. The maximum Gasteiger partial charge on any atom is 0.101 e. The van der Waals surface area contributed by atoms with Crippen LogP contribution in [0, 0.1) is 11.3 Å². The van der Waals surface area contributed by atoms with Crippen LogP contribution in [0.4, 0.5) is 0 Å². The van der Waals surface area contributed by atoms with Gasteiger partial charge in [-0.3, -0.25) is 0 Å². The number of aliphatic hydroxyl groups excluding tert-OH is 1. The van der Waals surface area contributed by atoms with E-state index in [1.54, 1.807) is 6.07 Å². The lowest BCUT2D eigenvalue weighted by Crippen LogP contribution is -1.87. The van der Waals surface area contributed by atoms with Crippen LogP contribution in [-0.4, -0.2) is 5.11 Å². The lowest BCUT2D eigenvalue weighted by Gasteiger charge is -2.02. The van der Waals surface area contributed by atoms with E-state index in [4.69, 9.17) is 33.6 Å². The first-order valence-electron chi connectivity index (χ1n) is 3.18. The van der Waals surface area contributed by atoms with Gasteiger partial charge in [-0.15, -0.1) is 0 Å².